The van der Waals surface area contributed by atoms with Crippen LogP contribution < -0.4 is 0 Å². The van der Waals surface area contributed by atoms with E-state index in [1.165, 1.54) is 22.3 Å². The molecule has 0 unspecified atom stereocenters. The number of hydrogen-bond donors (Lipinski definition) is 0. The third-order valence-electron chi connectivity index (χ3n) is 4.02. The molecule has 0 aromatic heterocycles. The van der Waals surface area contributed by atoms with E-state index in [0.717, 1.165) is 19.3 Å². The van der Waals surface area contributed by atoms with Gasteiger partial charge in [-0.1, -0.05) is 46.6 Å². The number of allylic oxidation sites excluding steroid dienone is 4. The van der Waals surface area contributed by atoms with Crippen molar-refractivity contribution in [2.75, 3.05) is 0 Å². The molecule has 90 valence electrons. The molecule has 0 spiro atoms. The van der Waals surface area contributed by atoms with E-state index < -0.39 is 0 Å². The molecule has 0 atom stereocenters. The molecule has 2 rings (SSSR count). The van der Waals surface area contributed by atoms with Gasteiger partial charge < -0.3 is 0 Å². The molecule has 1 aromatic carbocycles. The van der Waals surface area contributed by atoms with Gasteiger partial charge in [-0.15, -0.1) is 0 Å². The van der Waals surface area contributed by atoms with Crippen molar-refractivity contribution in [3.8, 4) is 0 Å². The van der Waals surface area contributed by atoms with Crippen molar-refractivity contribution in [3.63, 3.8) is 0 Å². The average molecular weight is 226 g/mol. The molecule has 0 radical (unpaired) electrons. The van der Waals surface area contributed by atoms with Crippen LogP contribution in [0.1, 0.15) is 45.2 Å². The Hall–Kier alpha value is -1.30. The fraction of sp³-hybridized carbons (Fsp3) is 0.412. The van der Waals surface area contributed by atoms with Crippen molar-refractivity contribution in [2.24, 2.45) is 0 Å². The van der Waals surface area contributed by atoms with E-state index in [2.05, 4.69) is 52.0 Å². The Bertz CT molecular complexity index is 442. The summed E-state index contributed by atoms with van der Waals surface area (Å²) in [7, 11) is 0. The monoisotopic (exact) mass is 226 g/mol. The van der Waals surface area contributed by atoms with Gasteiger partial charge in [-0.05, 0) is 58.1 Å². The molecule has 0 nitrogen and oxygen atoms in total. The maximum Gasteiger partial charge on any atom is -0.00643 e. The number of hydrogen-bond acceptors (Lipinski definition) is 0. The lowest BCUT2D eigenvalue weighted by molar-refractivity contribution is 1.00. The second-order valence-corrected chi connectivity index (χ2v) is 5.42. The second-order valence-electron chi connectivity index (χ2n) is 5.42. The van der Waals surface area contributed by atoms with Gasteiger partial charge in [0.05, 0.1) is 0 Å². The van der Waals surface area contributed by atoms with Crippen molar-refractivity contribution in [1.29, 1.82) is 0 Å². The third kappa shape index (κ3) is 2.69. The molecule has 0 amide bonds. The summed E-state index contributed by atoms with van der Waals surface area (Å²) in [5.41, 5.74) is 9.15. The second kappa shape index (κ2) is 4.91. The molecular formula is C17H22. The van der Waals surface area contributed by atoms with E-state index in [-0.39, 0.29) is 0 Å². The summed E-state index contributed by atoms with van der Waals surface area (Å²) >= 11 is 0. The van der Waals surface area contributed by atoms with Crippen molar-refractivity contribution in [3.05, 3.63) is 57.7 Å². The zero-order valence-corrected chi connectivity index (χ0v) is 11.4. The van der Waals surface area contributed by atoms with E-state index >= 15 is 0 Å². The maximum atomic E-state index is 2.28. The van der Waals surface area contributed by atoms with E-state index in [1.54, 1.807) is 11.1 Å². The van der Waals surface area contributed by atoms with Gasteiger partial charge in [0.25, 0.3) is 0 Å². The van der Waals surface area contributed by atoms with Crippen molar-refractivity contribution in [2.45, 2.75) is 47.0 Å². The third-order valence-corrected chi connectivity index (χ3v) is 4.02. The Morgan fingerprint density at radius 2 is 0.941 bits per heavy atom. The summed E-state index contributed by atoms with van der Waals surface area (Å²) in [5, 5.41) is 0. The van der Waals surface area contributed by atoms with Crippen LogP contribution in [-0.2, 0) is 12.8 Å². The van der Waals surface area contributed by atoms with Gasteiger partial charge in [0.1, 0.15) is 0 Å². The fourth-order valence-corrected chi connectivity index (χ4v) is 2.48. The van der Waals surface area contributed by atoms with E-state index in [0.29, 0.717) is 0 Å². The summed E-state index contributed by atoms with van der Waals surface area (Å²) in [6.45, 7) is 9.11. The molecule has 17 heavy (non-hydrogen) atoms. The molecule has 1 aromatic rings. The summed E-state index contributed by atoms with van der Waals surface area (Å²) in [6, 6.07) is 8.87. The predicted octanol–water partition coefficient (Wildman–Crippen LogP) is 4.85. The van der Waals surface area contributed by atoms with Crippen LogP contribution in [-0.4, -0.2) is 0 Å². The van der Waals surface area contributed by atoms with Crippen molar-refractivity contribution in [1.82, 2.24) is 0 Å². The molecule has 1 aliphatic rings. The molecule has 0 heteroatoms. The van der Waals surface area contributed by atoms with Gasteiger partial charge in [-0.3, -0.25) is 0 Å². The fourth-order valence-electron chi connectivity index (χ4n) is 2.48. The summed E-state index contributed by atoms with van der Waals surface area (Å²) in [6.07, 6.45) is 3.37. The van der Waals surface area contributed by atoms with Crippen LogP contribution in [0.2, 0.25) is 0 Å². The minimum atomic E-state index is 1.11. The van der Waals surface area contributed by atoms with Gasteiger partial charge >= 0.3 is 0 Å². The number of rotatable bonds is 0. The molecule has 0 aliphatic heterocycles. The average Bonchev–Trinajstić information content (AvgIpc) is 2.33. The Morgan fingerprint density at radius 1 is 0.588 bits per heavy atom. The van der Waals surface area contributed by atoms with Gasteiger partial charge in [0.15, 0.2) is 0 Å². The molecule has 0 N–H and O–H groups in total. The largest absolute Gasteiger partial charge is 0.0700 e. The number of fused-ring (bicyclic) bond motifs is 1. The predicted molar refractivity (Wildman–Crippen MR) is 75.2 cm³/mol. The molecular weight excluding hydrogens is 204 g/mol. The van der Waals surface area contributed by atoms with Crippen LogP contribution >= 0.6 is 0 Å². The Labute approximate surface area is 105 Å². The van der Waals surface area contributed by atoms with E-state index in [9.17, 15) is 0 Å². The highest BCUT2D eigenvalue weighted by molar-refractivity contribution is 5.37. The quantitative estimate of drug-likeness (QED) is 0.555. The lowest BCUT2D eigenvalue weighted by Crippen LogP contribution is -1.96. The first-order valence-electron chi connectivity index (χ1n) is 6.45. The van der Waals surface area contributed by atoms with Crippen LogP contribution in [0.25, 0.3) is 0 Å². The highest BCUT2D eigenvalue weighted by Gasteiger charge is 2.10. The Kier molecular flexibility index (Phi) is 3.51. The number of benzene rings is 1. The molecule has 0 fully saturated rings. The van der Waals surface area contributed by atoms with Gasteiger partial charge in [0.2, 0.25) is 0 Å². The lowest BCUT2D eigenvalue weighted by atomic mass is 9.96. The topological polar surface area (TPSA) is 0 Å². The van der Waals surface area contributed by atoms with Crippen LogP contribution in [0.3, 0.4) is 0 Å². The minimum Gasteiger partial charge on any atom is -0.0700 e. The molecule has 0 saturated heterocycles. The first kappa shape index (κ1) is 12.2. The van der Waals surface area contributed by atoms with E-state index in [1.807, 2.05) is 0 Å². The highest BCUT2D eigenvalue weighted by Crippen LogP contribution is 2.26. The Morgan fingerprint density at radius 3 is 1.35 bits per heavy atom. The first-order valence-corrected chi connectivity index (χ1v) is 6.45. The first-order chi connectivity index (χ1) is 8.08. The van der Waals surface area contributed by atoms with Crippen molar-refractivity contribution >= 4 is 0 Å². The van der Waals surface area contributed by atoms with E-state index in [4.69, 9.17) is 0 Å². The van der Waals surface area contributed by atoms with Crippen LogP contribution in [0.5, 0.6) is 0 Å². The maximum absolute atomic E-state index is 2.28. The summed E-state index contributed by atoms with van der Waals surface area (Å²) in [4.78, 5) is 0. The van der Waals surface area contributed by atoms with Crippen molar-refractivity contribution < 1.29 is 0 Å². The van der Waals surface area contributed by atoms with Crippen LogP contribution in [0.15, 0.2) is 46.6 Å². The van der Waals surface area contributed by atoms with Gasteiger partial charge in [-0.2, -0.15) is 0 Å². The zero-order chi connectivity index (χ0) is 12.4. The van der Waals surface area contributed by atoms with Crippen LogP contribution in [0.4, 0.5) is 0 Å². The normalized spacial score (nSPS) is 25.9. The smallest absolute Gasteiger partial charge is 0.00643 e. The summed E-state index contributed by atoms with van der Waals surface area (Å²) in [5.74, 6) is 0. The molecule has 0 bridgehead atoms. The van der Waals surface area contributed by atoms with Gasteiger partial charge in [0, 0.05) is 0 Å². The van der Waals surface area contributed by atoms with Gasteiger partial charge in [-0.25, -0.2) is 0 Å². The highest BCUT2D eigenvalue weighted by atomic mass is 14.2. The molecule has 0 saturated carbocycles. The molecule has 0 heterocycles. The minimum absolute atomic E-state index is 1.11. The standard InChI is InChI=1S/C17H22/c1-12-9-13(2)15(4)11-17-8-6-5-7-16(17)10-14(12)3/h5-8H,9-11H2,1-4H3/b14-12-,15-13-. The Balaban J connectivity index is 2.52. The zero-order valence-electron chi connectivity index (χ0n) is 11.4. The van der Waals surface area contributed by atoms with Crippen LogP contribution in [0, 0.1) is 0 Å². The lowest BCUT2D eigenvalue weighted by Gasteiger charge is -2.09. The summed E-state index contributed by atoms with van der Waals surface area (Å²) < 4.78 is 0. The SMILES string of the molecule is C/C1=C(\C)Cc2ccccc2C/C(C)=C(/C)C1. The molecule has 1 aliphatic carbocycles.